The number of nitriles is 1. The van der Waals surface area contributed by atoms with Crippen LogP contribution in [0.4, 0.5) is 0 Å². The highest BCUT2D eigenvalue weighted by Crippen LogP contribution is 2.29. The molecular weight excluding hydrogens is 112 g/mol. The minimum Gasteiger partial charge on any atom is -0.299 e. The molecule has 0 radical (unpaired) electrons. The van der Waals surface area contributed by atoms with Gasteiger partial charge in [-0.15, -0.1) is 0 Å². The van der Waals surface area contributed by atoms with Gasteiger partial charge in [0.15, 0.2) is 0 Å². The van der Waals surface area contributed by atoms with Crippen molar-refractivity contribution in [1.29, 1.82) is 5.26 Å². The maximum atomic E-state index is 8.39. The van der Waals surface area contributed by atoms with Crippen LogP contribution in [-0.2, 0) is 0 Å². The van der Waals surface area contributed by atoms with Crippen molar-refractivity contribution >= 4 is 0 Å². The van der Waals surface area contributed by atoms with E-state index in [1.807, 2.05) is 6.92 Å². The summed E-state index contributed by atoms with van der Waals surface area (Å²) in [4.78, 5) is 0. The molecule has 2 nitrogen and oxygen atoms in total. The smallest absolute Gasteiger partial charge is 0.0926 e. The van der Waals surface area contributed by atoms with E-state index in [-0.39, 0.29) is 6.04 Å². The largest absolute Gasteiger partial charge is 0.299 e. The lowest BCUT2D eigenvalue weighted by molar-refractivity contribution is 0.611. The third-order valence-corrected chi connectivity index (χ3v) is 1.77. The number of rotatable bonds is 2. The van der Waals surface area contributed by atoms with Gasteiger partial charge in [0.25, 0.3) is 0 Å². The monoisotopic (exact) mass is 124 g/mol. The molecule has 0 saturated heterocycles. The standard InChI is InChI=1S/C7H12N2/c1-5-3-7(5)9-6(2)4-8/h5-7,9H,3H2,1-2H3. The molecule has 1 aliphatic rings. The molecule has 0 aromatic rings. The van der Waals surface area contributed by atoms with Crippen molar-refractivity contribution in [2.75, 3.05) is 0 Å². The topological polar surface area (TPSA) is 35.8 Å². The molecule has 0 aliphatic heterocycles. The Hall–Kier alpha value is -0.550. The fourth-order valence-electron chi connectivity index (χ4n) is 0.913. The van der Waals surface area contributed by atoms with E-state index in [1.54, 1.807) is 0 Å². The molecule has 2 heteroatoms. The van der Waals surface area contributed by atoms with E-state index in [0.29, 0.717) is 6.04 Å². The van der Waals surface area contributed by atoms with Crippen LogP contribution in [0.15, 0.2) is 0 Å². The van der Waals surface area contributed by atoms with Gasteiger partial charge in [-0.05, 0) is 19.3 Å². The van der Waals surface area contributed by atoms with E-state index in [9.17, 15) is 0 Å². The fraction of sp³-hybridized carbons (Fsp3) is 0.857. The van der Waals surface area contributed by atoms with Crippen LogP contribution < -0.4 is 5.32 Å². The van der Waals surface area contributed by atoms with Crippen LogP contribution in [-0.4, -0.2) is 12.1 Å². The van der Waals surface area contributed by atoms with Gasteiger partial charge in [-0.2, -0.15) is 5.26 Å². The van der Waals surface area contributed by atoms with Crippen molar-refractivity contribution in [2.45, 2.75) is 32.4 Å². The maximum Gasteiger partial charge on any atom is 0.0926 e. The predicted molar refractivity (Wildman–Crippen MR) is 35.8 cm³/mol. The molecule has 1 fully saturated rings. The van der Waals surface area contributed by atoms with Crippen molar-refractivity contribution in [3.63, 3.8) is 0 Å². The summed E-state index contributed by atoms with van der Waals surface area (Å²) in [5.41, 5.74) is 0. The number of hydrogen-bond donors (Lipinski definition) is 1. The molecular formula is C7H12N2. The molecule has 1 saturated carbocycles. The average Bonchev–Trinajstić information content (AvgIpc) is 2.47. The molecule has 0 spiro atoms. The van der Waals surface area contributed by atoms with Gasteiger partial charge >= 0.3 is 0 Å². The molecule has 1 rings (SSSR count). The summed E-state index contributed by atoms with van der Waals surface area (Å²) in [5.74, 6) is 0.792. The zero-order valence-electron chi connectivity index (χ0n) is 5.89. The van der Waals surface area contributed by atoms with Crippen LogP contribution in [0.3, 0.4) is 0 Å². The minimum atomic E-state index is 0.0277. The van der Waals surface area contributed by atoms with Gasteiger partial charge in [-0.3, -0.25) is 5.32 Å². The fourth-order valence-corrected chi connectivity index (χ4v) is 0.913. The summed E-state index contributed by atoms with van der Waals surface area (Å²) in [5, 5.41) is 11.6. The zero-order valence-corrected chi connectivity index (χ0v) is 5.89. The minimum absolute atomic E-state index is 0.0277. The molecule has 9 heavy (non-hydrogen) atoms. The Labute approximate surface area is 55.9 Å². The molecule has 1 N–H and O–H groups in total. The average molecular weight is 124 g/mol. The molecule has 3 atom stereocenters. The number of nitrogens with zero attached hydrogens (tertiary/aromatic N) is 1. The zero-order chi connectivity index (χ0) is 6.85. The quantitative estimate of drug-likeness (QED) is 0.593. The van der Waals surface area contributed by atoms with Crippen molar-refractivity contribution in [2.24, 2.45) is 5.92 Å². The molecule has 0 aromatic carbocycles. The molecule has 0 aromatic heterocycles. The van der Waals surface area contributed by atoms with E-state index < -0.39 is 0 Å². The maximum absolute atomic E-state index is 8.39. The first kappa shape index (κ1) is 6.57. The van der Waals surface area contributed by atoms with E-state index >= 15 is 0 Å². The van der Waals surface area contributed by atoms with Crippen molar-refractivity contribution in [3.05, 3.63) is 0 Å². The van der Waals surface area contributed by atoms with E-state index in [4.69, 9.17) is 5.26 Å². The van der Waals surface area contributed by atoms with Crippen molar-refractivity contribution in [1.82, 2.24) is 5.32 Å². The Bertz CT molecular complexity index is 136. The van der Waals surface area contributed by atoms with Crippen LogP contribution in [0, 0.1) is 17.2 Å². The highest BCUT2D eigenvalue weighted by molar-refractivity contribution is 4.96. The Balaban J connectivity index is 2.14. The third kappa shape index (κ3) is 1.69. The SMILES string of the molecule is CC(C#N)NC1CC1C. The van der Waals surface area contributed by atoms with Gasteiger partial charge in [-0.1, -0.05) is 6.92 Å². The predicted octanol–water partition coefficient (Wildman–Crippen LogP) is 0.896. The lowest BCUT2D eigenvalue weighted by Gasteiger charge is -2.01. The third-order valence-electron chi connectivity index (χ3n) is 1.77. The van der Waals surface area contributed by atoms with Crippen LogP contribution >= 0.6 is 0 Å². The summed E-state index contributed by atoms with van der Waals surface area (Å²) in [6.07, 6.45) is 1.24. The number of nitrogens with one attached hydrogen (secondary N) is 1. The lowest BCUT2D eigenvalue weighted by atomic mass is 10.3. The van der Waals surface area contributed by atoms with E-state index in [1.165, 1.54) is 6.42 Å². The van der Waals surface area contributed by atoms with Gasteiger partial charge in [0.05, 0.1) is 12.1 Å². The Morgan fingerprint density at radius 3 is 2.67 bits per heavy atom. The van der Waals surface area contributed by atoms with Gasteiger partial charge in [0, 0.05) is 6.04 Å². The van der Waals surface area contributed by atoms with Gasteiger partial charge in [0.2, 0.25) is 0 Å². The second kappa shape index (κ2) is 2.36. The first-order valence-electron chi connectivity index (χ1n) is 3.39. The molecule has 50 valence electrons. The Kier molecular flexibility index (Phi) is 1.73. The van der Waals surface area contributed by atoms with E-state index in [2.05, 4.69) is 18.3 Å². The highest BCUT2D eigenvalue weighted by atomic mass is 15.0. The highest BCUT2D eigenvalue weighted by Gasteiger charge is 2.32. The van der Waals surface area contributed by atoms with Crippen molar-refractivity contribution in [3.8, 4) is 6.07 Å². The summed E-state index contributed by atoms with van der Waals surface area (Å²) >= 11 is 0. The first-order chi connectivity index (χ1) is 4.24. The lowest BCUT2D eigenvalue weighted by Crippen LogP contribution is -2.27. The van der Waals surface area contributed by atoms with Gasteiger partial charge in [0.1, 0.15) is 0 Å². The van der Waals surface area contributed by atoms with Crippen molar-refractivity contribution < 1.29 is 0 Å². The summed E-state index contributed by atoms with van der Waals surface area (Å²) in [6, 6.07) is 2.80. The van der Waals surface area contributed by atoms with E-state index in [0.717, 1.165) is 5.92 Å². The molecule has 0 amide bonds. The summed E-state index contributed by atoms with van der Waals surface area (Å²) in [7, 11) is 0. The molecule has 0 bridgehead atoms. The second-order valence-corrected chi connectivity index (χ2v) is 2.84. The second-order valence-electron chi connectivity index (χ2n) is 2.84. The summed E-state index contributed by atoms with van der Waals surface area (Å²) < 4.78 is 0. The van der Waals surface area contributed by atoms with Gasteiger partial charge < -0.3 is 0 Å². The summed E-state index contributed by atoms with van der Waals surface area (Å²) in [6.45, 7) is 4.09. The van der Waals surface area contributed by atoms with Crippen LogP contribution in [0.2, 0.25) is 0 Å². The molecule has 1 aliphatic carbocycles. The van der Waals surface area contributed by atoms with Crippen LogP contribution in [0.5, 0.6) is 0 Å². The molecule has 0 heterocycles. The van der Waals surface area contributed by atoms with Gasteiger partial charge in [-0.25, -0.2) is 0 Å². The Morgan fingerprint density at radius 2 is 2.33 bits per heavy atom. The Morgan fingerprint density at radius 1 is 1.78 bits per heavy atom. The molecule has 3 unspecified atom stereocenters. The first-order valence-corrected chi connectivity index (χ1v) is 3.39. The van der Waals surface area contributed by atoms with Crippen LogP contribution in [0.25, 0.3) is 0 Å². The van der Waals surface area contributed by atoms with Crippen LogP contribution in [0.1, 0.15) is 20.3 Å². The number of hydrogen-bond acceptors (Lipinski definition) is 2. The normalized spacial score (nSPS) is 35.2.